The zero-order valence-corrected chi connectivity index (χ0v) is 16.1. The number of halogens is 1. The van der Waals surface area contributed by atoms with Crippen LogP contribution in [0.25, 0.3) is 11.2 Å². The number of fused-ring (bicyclic) bond motifs is 1. The van der Waals surface area contributed by atoms with Gasteiger partial charge in [-0.05, 0) is 34.0 Å². The first-order chi connectivity index (χ1) is 12.6. The monoisotopic (exact) mass is 413 g/mol. The van der Waals surface area contributed by atoms with Crippen LogP contribution in [-0.4, -0.2) is 39.6 Å². The summed E-state index contributed by atoms with van der Waals surface area (Å²) in [7, 11) is 0. The van der Waals surface area contributed by atoms with Crippen molar-refractivity contribution in [3.63, 3.8) is 0 Å². The number of hydrogen-bond acceptors (Lipinski definition) is 4. The second-order valence-electron chi connectivity index (χ2n) is 6.61. The fraction of sp³-hybridized carbons (Fsp3) is 0.316. The Morgan fingerprint density at radius 1 is 1.35 bits per heavy atom. The van der Waals surface area contributed by atoms with Crippen molar-refractivity contribution in [1.29, 1.82) is 0 Å². The van der Waals surface area contributed by atoms with Crippen molar-refractivity contribution < 1.29 is 4.79 Å². The van der Waals surface area contributed by atoms with Gasteiger partial charge >= 0.3 is 0 Å². The fourth-order valence-corrected chi connectivity index (χ4v) is 3.80. The summed E-state index contributed by atoms with van der Waals surface area (Å²) in [6.45, 7) is 3.92. The summed E-state index contributed by atoms with van der Waals surface area (Å²) >= 11 is 3.52. The number of pyridine rings is 1. The lowest BCUT2D eigenvalue weighted by atomic mass is 10.2. The predicted octanol–water partition coefficient (Wildman–Crippen LogP) is 2.96. The summed E-state index contributed by atoms with van der Waals surface area (Å²) in [6.07, 6.45) is 2.70. The molecule has 0 unspecified atom stereocenters. The normalized spacial score (nSPS) is 17.0. The highest BCUT2D eigenvalue weighted by atomic mass is 79.9. The second kappa shape index (κ2) is 7.07. The Labute approximate surface area is 160 Å². The average molecular weight is 414 g/mol. The minimum atomic E-state index is 0.0141. The van der Waals surface area contributed by atoms with Gasteiger partial charge in [-0.1, -0.05) is 30.3 Å². The van der Waals surface area contributed by atoms with Crippen LogP contribution < -0.4 is 10.2 Å². The highest BCUT2D eigenvalue weighted by molar-refractivity contribution is 9.10. The SMILES string of the molecule is CC(=O)N[C@H]1CCN(c2nc3ncc(Br)cc3n2Cc2ccccc2)C1. The third-order valence-electron chi connectivity index (χ3n) is 4.61. The van der Waals surface area contributed by atoms with Gasteiger partial charge in [0.15, 0.2) is 5.65 Å². The lowest BCUT2D eigenvalue weighted by Gasteiger charge is -2.19. The van der Waals surface area contributed by atoms with Crippen LogP contribution in [0.15, 0.2) is 47.1 Å². The topological polar surface area (TPSA) is 63.1 Å². The van der Waals surface area contributed by atoms with Gasteiger partial charge < -0.3 is 14.8 Å². The molecule has 1 aliphatic heterocycles. The Morgan fingerprint density at radius 2 is 2.15 bits per heavy atom. The number of rotatable bonds is 4. The molecule has 3 heterocycles. The van der Waals surface area contributed by atoms with E-state index in [1.54, 1.807) is 13.1 Å². The van der Waals surface area contributed by atoms with Gasteiger partial charge in [0, 0.05) is 36.7 Å². The quantitative estimate of drug-likeness (QED) is 0.713. The third kappa shape index (κ3) is 3.44. The first-order valence-corrected chi connectivity index (χ1v) is 9.47. The van der Waals surface area contributed by atoms with Crippen molar-refractivity contribution in [1.82, 2.24) is 19.9 Å². The molecule has 0 radical (unpaired) electrons. The molecule has 1 atom stereocenters. The maximum Gasteiger partial charge on any atom is 0.217 e. The highest BCUT2D eigenvalue weighted by Crippen LogP contribution is 2.27. The van der Waals surface area contributed by atoms with Gasteiger partial charge in [-0.3, -0.25) is 4.79 Å². The molecule has 1 aromatic carbocycles. The lowest BCUT2D eigenvalue weighted by molar-refractivity contribution is -0.119. The summed E-state index contributed by atoms with van der Waals surface area (Å²) < 4.78 is 3.14. The molecule has 134 valence electrons. The van der Waals surface area contributed by atoms with Crippen LogP contribution in [0.2, 0.25) is 0 Å². The van der Waals surface area contributed by atoms with Crippen molar-refractivity contribution in [3.8, 4) is 0 Å². The van der Waals surface area contributed by atoms with Crippen LogP contribution in [-0.2, 0) is 11.3 Å². The van der Waals surface area contributed by atoms with Crippen LogP contribution in [0, 0.1) is 0 Å². The molecular formula is C19H20BrN5O. The third-order valence-corrected chi connectivity index (χ3v) is 5.05. The van der Waals surface area contributed by atoms with Crippen molar-refractivity contribution in [3.05, 3.63) is 52.6 Å². The number of benzene rings is 1. The molecule has 6 nitrogen and oxygen atoms in total. The molecule has 1 amide bonds. The fourth-order valence-electron chi connectivity index (χ4n) is 3.48. The second-order valence-corrected chi connectivity index (χ2v) is 7.53. The molecule has 0 saturated carbocycles. The van der Waals surface area contributed by atoms with Gasteiger partial charge in [-0.2, -0.15) is 4.98 Å². The number of amides is 1. The summed E-state index contributed by atoms with van der Waals surface area (Å²) in [6, 6.07) is 12.6. The molecule has 26 heavy (non-hydrogen) atoms. The number of aromatic nitrogens is 3. The van der Waals surface area contributed by atoms with Crippen LogP contribution in [0.4, 0.5) is 5.95 Å². The highest BCUT2D eigenvalue weighted by Gasteiger charge is 2.27. The summed E-state index contributed by atoms with van der Waals surface area (Å²) in [4.78, 5) is 22.9. The number of nitrogens with zero attached hydrogens (tertiary/aromatic N) is 4. The van der Waals surface area contributed by atoms with E-state index in [4.69, 9.17) is 4.98 Å². The smallest absolute Gasteiger partial charge is 0.217 e. The van der Waals surface area contributed by atoms with Gasteiger partial charge in [0.25, 0.3) is 0 Å². The molecule has 4 rings (SSSR count). The molecule has 7 heteroatoms. The maximum atomic E-state index is 11.4. The Bertz CT molecular complexity index is 940. The van der Waals surface area contributed by atoms with Crippen LogP contribution >= 0.6 is 15.9 Å². The zero-order valence-electron chi connectivity index (χ0n) is 14.5. The molecular weight excluding hydrogens is 394 g/mol. The van der Waals surface area contributed by atoms with E-state index in [0.29, 0.717) is 0 Å². The van der Waals surface area contributed by atoms with E-state index in [0.717, 1.165) is 47.6 Å². The number of anilines is 1. The van der Waals surface area contributed by atoms with E-state index in [-0.39, 0.29) is 11.9 Å². The van der Waals surface area contributed by atoms with Gasteiger partial charge in [0.05, 0.1) is 12.1 Å². The van der Waals surface area contributed by atoms with E-state index in [1.165, 1.54) is 5.56 Å². The molecule has 2 aromatic heterocycles. The van der Waals surface area contributed by atoms with Gasteiger partial charge in [0.2, 0.25) is 11.9 Å². The summed E-state index contributed by atoms with van der Waals surface area (Å²) in [5, 5.41) is 3.01. The van der Waals surface area contributed by atoms with Crippen molar-refractivity contribution in [2.45, 2.75) is 25.9 Å². The van der Waals surface area contributed by atoms with Gasteiger partial charge in [-0.15, -0.1) is 0 Å². The molecule has 0 bridgehead atoms. The number of imidazole rings is 1. The maximum absolute atomic E-state index is 11.4. The summed E-state index contributed by atoms with van der Waals surface area (Å²) in [5.41, 5.74) is 2.95. The van der Waals surface area contributed by atoms with E-state index >= 15 is 0 Å². The van der Waals surface area contributed by atoms with Crippen LogP contribution in [0.1, 0.15) is 18.9 Å². The number of carbonyl (C=O) groups excluding carboxylic acids is 1. The molecule has 0 aliphatic carbocycles. The Hall–Kier alpha value is -2.41. The molecule has 0 spiro atoms. The molecule has 3 aromatic rings. The Morgan fingerprint density at radius 3 is 2.92 bits per heavy atom. The van der Waals surface area contributed by atoms with Gasteiger partial charge in [-0.25, -0.2) is 4.98 Å². The van der Waals surface area contributed by atoms with E-state index in [2.05, 4.69) is 53.9 Å². The molecule has 1 N–H and O–H groups in total. The first kappa shape index (κ1) is 17.0. The van der Waals surface area contributed by atoms with Gasteiger partial charge in [0.1, 0.15) is 0 Å². The first-order valence-electron chi connectivity index (χ1n) is 8.68. The average Bonchev–Trinajstić information content (AvgIpc) is 3.20. The largest absolute Gasteiger partial charge is 0.352 e. The van der Waals surface area contributed by atoms with E-state index in [1.807, 2.05) is 18.2 Å². The lowest BCUT2D eigenvalue weighted by Crippen LogP contribution is -2.36. The number of carbonyl (C=O) groups is 1. The van der Waals surface area contributed by atoms with E-state index in [9.17, 15) is 4.79 Å². The minimum absolute atomic E-state index is 0.0141. The molecule has 1 fully saturated rings. The van der Waals surface area contributed by atoms with Crippen LogP contribution in [0.3, 0.4) is 0 Å². The van der Waals surface area contributed by atoms with Crippen molar-refractivity contribution >= 4 is 38.9 Å². The Kier molecular flexibility index (Phi) is 4.63. The van der Waals surface area contributed by atoms with E-state index < -0.39 is 0 Å². The minimum Gasteiger partial charge on any atom is -0.352 e. The van der Waals surface area contributed by atoms with Crippen LogP contribution in [0.5, 0.6) is 0 Å². The molecule has 1 aliphatic rings. The Balaban J connectivity index is 1.72. The van der Waals surface area contributed by atoms with Crippen molar-refractivity contribution in [2.24, 2.45) is 0 Å². The number of hydrogen-bond donors (Lipinski definition) is 1. The molecule has 1 saturated heterocycles. The predicted molar refractivity (Wildman–Crippen MR) is 105 cm³/mol. The number of nitrogens with one attached hydrogen (secondary N) is 1. The summed E-state index contributed by atoms with van der Waals surface area (Å²) in [5.74, 6) is 0.919. The zero-order chi connectivity index (χ0) is 18.1. The van der Waals surface area contributed by atoms with Crippen molar-refractivity contribution in [2.75, 3.05) is 18.0 Å². The standard InChI is InChI=1S/C19H20BrN5O/c1-13(26)22-16-7-8-24(12-16)19-23-18-17(9-15(20)10-21-18)25(19)11-14-5-3-2-4-6-14/h2-6,9-10,16H,7-8,11-12H2,1H3,(H,22,26)/t16-/m0/s1.